The lowest BCUT2D eigenvalue weighted by Crippen LogP contribution is -2.32. The van der Waals surface area contributed by atoms with E-state index in [-0.39, 0.29) is 23.8 Å². The molecule has 0 aliphatic rings. The van der Waals surface area contributed by atoms with Crippen LogP contribution in [0.3, 0.4) is 0 Å². The molecule has 3 aromatic rings. The predicted molar refractivity (Wildman–Crippen MR) is 134 cm³/mol. The average molecular weight is 481 g/mol. The van der Waals surface area contributed by atoms with Gasteiger partial charge in [-0.3, -0.25) is 9.10 Å². The molecule has 0 saturated carbocycles. The number of hydrogen-bond donors (Lipinski definition) is 0. The van der Waals surface area contributed by atoms with E-state index in [1.807, 2.05) is 61.5 Å². The van der Waals surface area contributed by atoms with Gasteiger partial charge in [0.05, 0.1) is 29.1 Å². The van der Waals surface area contributed by atoms with Crippen LogP contribution in [0, 0.1) is 0 Å². The molecule has 34 heavy (non-hydrogen) atoms. The monoisotopic (exact) mass is 480 g/mol. The summed E-state index contributed by atoms with van der Waals surface area (Å²) in [6.07, 6.45) is 0.446. The highest BCUT2D eigenvalue weighted by Crippen LogP contribution is 2.28. The number of esters is 1. The van der Waals surface area contributed by atoms with E-state index in [1.54, 1.807) is 24.3 Å². The fraction of sp³-hybridized carbons (Fsp3) is 0.240. The van der Waals surface area contributed by atoms with Crippen LogP contribution in [0.25, 0.3) is 0 Å². The van der Waals surface area contributed by atoms with Crippen LogP contribution in [0.1, 0.15) is 12.8 Å². The quantitative estimate of drug-likeness (QED) is 0.289. The van der Waals surface area contributed by atoms with Crippen molar-refractivity contribution in [3.8, 4) is 0 Å². The Morgan fingerprint density at radius 3 is 1.94 bits per heavy atom. The first kappa shape index (κ1) is 24.9. The van der Waals surface area contributed by atoms with Crippen molar-refractivity contribution >= 4 is 38.7 Å². The minimum absolute atomic E-state index is 0.122. The number of benzene rings is 3. The molecule has 0 aromatic heterocycles. The van der Waals surface area contributed by atoms with E-state index >= 15 is 0 Å². The van der Waals surface area contributed by atoms with Crippen LogP contribution >= 0.6 is 0 Å². The molecule has 0 unspecified atom stereocenters. The fourth-order valence-electron chi connectivity index (χ4n) is 3.20. The zero-order valence-electron chi connectivity index (χ0n) is 19.5. The van der Waals surface area contributed by atoms with Gasteiger partial charge in [-0.2, -0.15) is 10.2 Å². The van der Waals surface area contributed by atoms with Crippen molar-refractivity contribution in [2.75, 3.05) is 37.0 Å². The van der Waals surface area contributed by atoms with Crippen molar-refractivity contribution < 1.29 is 17.9 Å². The molecule has 0 amide bonds. The fourth-order valence-corrected chi connectivity index (χ4v) is 4.70. The van der Waals surface area contributed by atoms with Crippen molar-refractivity contribution in [1.82, 2.24) is 0 Å². The highest BCUT2D eigenvalue weighted by molar-refractivity contribution is 7.92. The molecule has 178 valence electrons. The number of rotatable bonds is 10. The second kappa shape index (κ2) is 11.4. The summed E-state index contributed by atoms with van der Waals surface area (Å²) in [4.78, 5) is 13.6. The number of hydrogen-bond acceptors (Lipinski definition) is 7. The van der Waals surface area contributed by atoms with E-state index < -0.39 is 10.0 Å². The van der Waals surface area contributed by atoms with Crippen molar-refractivity contribution in [2.45, 2.75) is 17.7 Å². The summed E-state index contributed by atoms with van der Waals surface area (Å²) in [7, 11) is 1.26. The van der Waals surface area contributed by atoms with Gasteiger partial charge in [0.25, 0.3) is 10.0 Å². The summed E-state index contributed by atoms with van der Waals surface area (Å²) in [5.41, 5.74) is 2.71. The lowest BCUT2D eigenvalue weighted by Gasteiger charge is -2.25. The SMILES string of the molecule is COC(=O)CCCN(c1ccc(N(C)C)cc1)S(=O)(=O)c1ccc(N=Nc2ccccc2)cc1. The maximum absolute atomic E-state index is 13.5. The molecule has 0 heterocycles. The lowest BCUT2D eigenvalue weighted by atomic mass is 10.2. The molecule has 8 nitrogen and oxygen atoms in total. The molecule has 0 atom stereocenters. The zero-order valence-corrected chi connectivity index (χ0v) is 20.3. The summed E-state index contributed by atoms with van der Waals surface area (Å²) in [5, 5.41) is 8.32. The molecule has 0 saturated heterocycles. The van der Waals surface area contributed by atoms with Gasteiger partial charge in [0.15, 0.2) is 0 Å². The Morgan fingerprint density at radius 2 is 1.38 bits per heavy atom. The molecule has 9 heteroatoms. The van der Waals surface area contributed by atoms with Gasteiger partial charge in [0.1, 0.15) is 0 Å². The second-order valence-electron chi connectivity index (χ2n) is 7.70. The Hall–Kier alpha value is -3.72. The maximum Gasteiger partial charge on any atom is 0.305 e. The smallest absolute Gasteiger partial charge is 0.305 e. The molecular weight excluding hydrogens is 452 g/mol. The molecule has 0 fully saturated rings. The Bertz CT molecular complexity index is 1210. The molecule has 3 aromatic carbocycles. The van der Waals surface area contributed by atoms with Gasteiger partial charge in [0.2, 0.25) is 0 Å². The number of sulfonamides is 1. The number of nitrogens with zero attached hydrogens (tertiary/aromatic N) is 4. The van der Waals surface area contributed by atoms with Gasteiger partial charge in [0, 0.05) is 32.7 Å². The van der Waals surface area contributed by atoms with Gasteiger partial charge in [-0.05, 0) is 67.1 Å². The summed E-state index contributed by atoms with van der Waals surface area (Å²) in [5.74, 6) is -0.381. The first-order valence-electron chi connectivity index (χ1n) is 10.7. The van der Waals surface area contributed by atoms with E-state index in [1.165, 1.54) is 23.5 Å². The predicted octanol–water partition coefficient (Wildman–Crippen LogP) is 5.32. The third kappa shape index (κ3) is 6.41. The minimum atomic E-state index is -3.88. The molecule has 0 bridgehead atoms. The van der Waals surface area contributed by atoms with E-state index in [9.17, 15) is 13.2 Å². The first-order valence-corrected chi connectivity index (χ1v) is 12.2. The topological polar surface area (TPSA) is 91.6 Å². The van der Waals surface area contributed by atoms with Gasteiger partial charge in [-0.1, -0.05) is 18.2 Å². The van der Waals surface area contributed by atoms with Crippen LogP contribution in [0.2, 0.25) is 0 Å². The van der Waals surface area contributed by atoms with Crippen LogP contribution in [0.4, 0.5) is 22.7 Å². The number of carbonyl (C=O) groups excluding carboxylic acids is 1. The van der Waals surface area contributed by atoms with E-state index in [0.29, 0.717) is 23.5 Å². The summed E-state index contributed by atoms with van der Waals surface area (Å²) in [6.45, 7) is 0.133. The van der Waals surface area contributed by atoms with Crippen LogP contribution in [0.15, 0.2) is 94.0 Å². The maximum atomic E-state index is 13.5. The zero-order chi connectivity index (χ0) is 24.6. The molecule has 0 aliphatic carbocycles. The average Bonchev–Trinajstić information content (AvgIpc) is 2.86. The summed E-state index contributed by atoms with van der Waals surface area (Å²) >= 11 is 0. The molecule has 0 aliphatic heterocycles. The Labute approximate surface area is 200 Å². The number of methoxy groups -OCH3 is 1. The van der Waals surface area contributed by atoms with Crippen LogP contribution < -0.4 is 9.21 Å². The van der Waals surface area contributed by atoms with Crippen LogP contribution in [-0.4, -0.2) is 42.1 Å². The van der Waals surface area contributed by atoms with E-state index in [2.05, 4.69) is 15.0 Å². The largest absolute Gasteiger partial charge is 0.469 e. The normalized spacial score (nSPS) is 11.4. The first-order chi connectivity index (χ1) is 16.3. The van der Waals surface area contributed by atoms with Gasteiger partial charge in [-0.25, -0.2) is 8.42 Å². The lowest BCUT2D eigenvalue weighted by molar-refractivity contribution is -0.140. The molecule has 0 N–H and O–H groups in total. The molecular formula is C25H28N4O4S. The number of anilines is 2. The highest BCUT2D eigenvalue weighted by Gasteiger charge is 2.25. The number of ether oxygens (including phenoxy) is 1. The van der Waals surface area contributed by atoms with Crippen molar-refractivity contribution in [3.05, 3.63) is 78.9 Å². The van der Waals surface area contributed by atoms with Crippen LogP contribution in [-0.2, 0) is 19.6 Å². The summed E-state index contributed by atoms with van der Waals surface area (Å²) in [6, 6.07) is 22.7. The Kier molecular flexibility index (Phi) is 8.37. The van der Waals surface area contributed by atoms with Crippen molar-refractivity contribution in [1.29, 1.82) is 0 Å². The Balaban J connectivity index is 1.85. The van der Waals surface area contributed by atoms with Crippen molar-refractivity contribution in [3.63, 3.8) is 0 Å². The number of azo groups is 1. The van der Waals surface area contributed by atoms with Crippen LogP contribution in [0.5, 0.6) is 0 Å². The molecule has 3 rings (SSSR count). The van der Waals surface area contributed by atoms with Gasteiger partial charge < -0.3 is 9.64 Å². The van der Waals surface area contributed by atoms with E-state index in [0.717, 1.165) is 5.69 Å². The molecule has 0 radical (unpaired) electrons. The second-order valence-corrected chi connectivity index (χ2v) is 9.56. The molecule has 0 spiro atoms. The third-order valence-electron chi connectivity index (χ3n) is 5.09. The third-order valence-corrected chi connectivity index (χ3v) is 6.93. The van der Waals surface area contributed by atoms with Crippen molar-refractivity contribution in [2.24, 2.45) is 10.2 Å². The van der Waals surface area contributed by atoms with Gasteiger partial charge >= 0.3 is 5.97 Å². The highest BCUT2D eigenvalue weighted by atomic mass is 32.2. The standard InChI is InChI=1S/C25H28N4O4S/c1-28(2)22-13-15-23(16-14-22)29(19-7-10-25(30)33-3)34(31,32)24-17-11-21(12-18-24)27-26-20-8-5-4-6-9-20/h4-6,8-9,11-18H,7,10,19H2,1-3H3. The van der Waals surface area contributed by atoms with E-state index in [4.69, 9.17) is 0 Å². The number of carbonyl (C=O) groups is 1. The van der Waals surface area contributed by atoms with Gasteiger partial charge in [-0.15, -0.1) is 0 Å². The summed E-state index contributed by atoms with van der Waals surface area (Å²) < 4.78 is 33.1. The Morgan fingerprint density at radius 1 is 0.824 bits per heavy atom. The minimum Gasteiger partial charge on any atom is -0.469 e.